The number of amides is 1. The largest absolute Gasteiger partial charge is 0.348 e. The lowest BCUT2D eigenvalue weighted by Gasteiger charge is -2.20. The van der Waals surface area contributed by atoms with E-state index >= 15 is 0 Å². The maximum Gasteiger partial charge on any atom is 0.234 e. The van der Waals surface area contributed by atoms with E-state index in [2.05, 4.69) is 5.32 Å². The summed E-state index contributed by atoms with van der Waals surface area (Å²) in [6, 6.07) is 3.30. The summed E-state index contributed by atoms with van der Waals surface area (Å²) in [7, 11) is 0. The average Bonchev–Trinajstić information content (AvgIpc) is 2.38. The van der Waals surface area contributed by atoms with Gasteiger partial charge in [-0.2, -0.15) is 0 Å². The molecule has 0 aromatic heterocycles. The second-order valence-corrected chi connectivity index (χ2v) is 4.42. The molecule has 106 valence electrons. The Hall–Kier alpha value is -1.49. The highest BCUT2D eigenvalue weighted by Crippen LogP contribution is 2.15. The number of rotatable bonds is 6. The van der Waals surface area contributed by atoms with Crippen molar-refractivity contribution >= 4 is 5.91 Å². The van der Waals surface area contributed by atoms with Gasteiger partial charge in [-0.1, -0.05) is 19.9 Å². The molecular formula is C14H20F2N2O. The number of hydrogen-bond donors (Lipinski definition) is 1. The Morgan fingerprint density at radius 3 is 2.42 bits per heavy atom. The third kappa shape index (κ3) is 4.59. The summed E-state index contributed by atoms with van der Waals surface area (Å²) in [4.78, 5) is 13.8. The van der Waals surface area contributed by atoms with Gasteiger partial charge in [0.25, 0.3) is 0 Å². The Bertz CT molecular complexity index is 433. The molecule has 1 aromatic rings. The number of benzene rings is 1. The second kappa shape index (κ2) is 7.19. The molecule has 0 aliphatic carbocycles. The number of likely N-dealkylation sites (N-methyl/N-ethyl adjacent to an activating group) is 1. The standard InChI is InChI=1S/C14H20F2N2O/c1-4-18(5-2)9-14(19)17-10(3)11-6-7-12(15)13(16)8-11/h6-8,10H,4-5,9H2,1-3H3,(H,17,19). The first-order chi connectivity index (χ1) is 8.97. The molecule has 5 heteroatoms. The number of nitrogens with zero attached hydrogens (tertiary/aromatic N) is 1. The van der Waals surface area contributed by atoms with Crippen LogP contribution in [0.15, 0.2) is 18.2 Å². The second-order valence-electron chi connectivity index (χ2n) is 4.42. The highest BCUT2D eigenvalue weighted by Gasteiger charge is 2.13. The number of nitrogens with one attached hydrogen (secondary N) is 1. The van der Waals surface area contributed by atoms with Gasteiger partial charge in [0.05, 0.1) is 12.6 Å². The van der Waals surface area contributed by atoms with Crippen molar-refractivity contribution in [3.05, 3.63) is 35.4 Å². The van der Waals surface area contributed by atoms with Gasteiger partial charge in [-0.15, -0.1) is 0 Å². The van der Waals surface area contributed by atoms with Crippen molar-refractivity contribution in [3.63, 3.8) is 0 Å². The lowest BCUT2D eigenvalue weighted by Crippen LogP contribution is -2.38. The third-order valence-electron chi connectivity index (χ3n) is 3.08. The van der Waals surface area contributed by atoms with Crippen LogP contribution in [0.3, 0.4) is 0 Å². The van der Waals surface area contributed by atoms with Gasteiger partial charge in [0.15, 0.2) is 11.6 Å². The fourth-order valence-corrected chi connectivity index (χ4v) is 1.80. The number of carbonyl (C=O) groups is 1. The molecule has 1 N–H and O–H groups in total. The van der Waals surface area contributed by atoms with Gasteiger partial charge in [0, 0.05) is 0 Å². The Balaban J connectivity index is 2.61. The van der Waals surface area contributed by atoms with Crippen LogP contribution in [0.1, 0.15) is 32.4 Å². The summed E-state index contributed by atoms with van der Waals surface area (Å²) in [6.45, 7) is 7.60. The molecule has 1 unspecified atom stereocenters. The molecule has 0 spiro atoms. The molecule has 1 aromatic carbocycles. The van der Waals surface area contributed by atoms with Gasteiger partial charge in [0.2, 0.25) is 5.91 Å². The highest BCUT2D eigenvalue weighted by atomic mass is 19.2. The van der Waals surface area contributed by atoms with E-state index in [1.807, 2.05) is 18.7 Å². The Kier molecular flexibility index (Phi) is 5.89. The SMILES string of the molecule is CCN(CC)CC(=O)NC(C)c1ccc(F)c(F)c1. The van der Waals surface area contributed by atoms with Crippen molar-refractivity contribution in [2.45, 2.75) is 26.8 Å². The van der Waals surface area contributed by atoms with E-state index in [1.165, 1.54) is 6.07 Å². The highest BCUT2D eigenvalue weighted by molar-refractivity contribution is 5.78. The predicted octanol–water partition coefficient (Wildman–Crippen LogP) is 2.48. The number of hydrogen-bond acceptors (Lipinski definition) is 2. The summed E-state index contributed by atoms with van der Waals surface area (Å²) in [6.07, 6.45) is 0. The van der Waals surface area contributed by atoms with Crippen molar-refractivity contribution in [3.8, 4) is 0 Å². The van der Waals surface area contributed by atoms with Crippen LogP contribution in [0.2, 0.25) is 0 Å². The van der Waals surface area contributed by atoms with Gasteiger partial charge in [-0.25, -0.2) is 8.78 Å². The van der Waals surface area contributed by atoms with Crippen LogP contribution in [0.5, 0.6) is 0 Å². The Morgan fingerprint density at radius 2 is 1.89 bits per heavy atom. The molecule has 3 nitrogen and oxygen atoms in total. The topological polar surface area (TPSA) is 32.3 Å². The van der Waals surface area contributed by atoms with E-state index in [9.17, 15) is 13.6 Å². The van der Waals surface area contributed by atoms with Crippen LogP contribution in [0.25, 0.3) is 0 Å². The molecule has 0 fully saturated rings. The van der Waals surface area contributed by atoms with Crippen LogP contribution >= 0.6 is 0 Å². The van der Waals surface area contributed by atoms with Crippen molar-refractivity contribution in [2.24, 2.45) is 0 Å². The number of halogens is 2. The molecular weight excluding hydrogens is 250 g/mol. The third-order valence-corrected chi connectivity index (χ3v) is 3.08. The maximum absolute atomic E-state index is 13.1. The van der Waals surface area contributed by atoms with Crippen molar-refractivity contribution in [1.82, 2.24) is 10.2 Å². The molecule has 1 atom stereocenters. The fraction of sp³-hybridized carbons (Fsp3) is 0.500. The van der Waals surface area contributed by atoms with Crippen molar-refractivity contribution in [2.75, 3.05) is 19.6 Å². The molecule has 0 aliphatic rings. The lowest BCUT2D eigenvalue weighted by molar-refractivity contribution is -0.122. The smallest absolute Gasteiger partial charge is 0.234 e. The van der Waals surface area contributed by atoms with Crippen molar-refractivity contribution < 1.29 is 13.6 Å². The lowest BCUT2D eigenvalue weighted by atomic mass is 10.1. The average molecular weight is 270 g/mol. The number of carbonyl (C=O) groups excluding carboxylic acids is 1. The van der Waals surface area contributed by atoms with Gasteiger partial charge in [-0.05, 0) is 37.7 Å². The molecule has 0 radical (unpaired) electrons. The van der Waals surface area contributed by atoms with E-state index < -0.39 is 11.6 Å². The molecule has 0 saturated carbocycles. The molecule has 0 aliphatic heterocycles. The minimum atomic E-state index is -0.901. The van der Waals surface area contributed by atoms with Gasteiger partial charge in [-0.3, -0.25) is 9.69 Å². The van der Waals surface area contributed by atoms with Crippen LogP contribution in [0, 0.1) is 11.6 Å². The first kappa shape index (κ1) is 15.6. The normalized spacial score (nSPS) is 12.5. The summed E-state index contributed by atoms with van der Waals surface area (Å²) >= 11 is 0. The zero-order valence-electron chi connectivity index (χ0n) is 11.5. The van der Waals surface area contributed by atoms with Gasteiger partial charge >= 0.3 is 0 Å². The van der Waals surface area contributed by atoms with Crippen LogP contribution in [-0.2, 0) is 4.79 Å². The quantitative estimate of drug-likeness (QED) is 0.861. The van der Waals surface area contributed by atoms with Crippen LogP contribution in [-0.4, -0.2) is 30.4 Å². The Labute approximate surface area is 112 Å². The van der Waals surface area contributed by atoms with Crippen molar-refractivity contribution in [1.29, 1.82) is 0 Å². The van der Waals surface area contributed by atoms with E-state index in [0.29, 0.717) is 12.1 Å². The molecule has 1 amide bonds. The van der Waals surface area contributed by atoms with Crippen LogP contribution in [0.4, 0.5) is 8.78 Å². The van der Waals surface area contributed by atoms with Crippen LogP contribution < -0.4 is 5.32 Å². The monoisotopic (exact) mass is 270 g/mol. The summed E-state index contributed by atoms with van der Waals surface area (Å²) in [5, 5.41) is 2.77. The Morgan fingerprint density at radius 1 is 1.26 bits per heavy atom. The van der Waals surface area contributed by atoms with E-state index in [4.69, 9.17) is 0 Å². The zero-order valence-corrected chi connectivity index (χ0v) is 11.5. The van der Waals surface area contributed by atoms with E-state index in [-0.39, 0.29) is 11.9 Å². The van der Waals surface area contributed by atoms with E-state index in [0.717, 1.165) is 25.2 Å². The summed E-state index contributed by atoms with van der Waals surface area (Å²) in [5.74, 6) is -1.91. The molecule has 0 heterocycles. The maximum atomic E-state index is 13.1. The molecule has 1 rings (SSSR count). The minimum Gasteiger partial charge on any atom is -0.348 e. The molecule has 19 heavy (non-hydrogen) atoms. The molecule has 0 saturated heterocycles. The first-order valence-electron chi connectivity index (χ1n) is 6.44. The van der Waals surface area contributed by atoms with Gasteiger partial charge < -0.3 is 5.32 Å². The first-order valence-corrected chi connectivity index (χ1v) is 6.44. The fourth-order valence-electron chi connectivity index (χ4n) is 1.80. The zero-order chi connectivity index (χ0) is 14.4. The predicted molar refractivity (Wildman–Crippen MR) is 70.7 cm³/mol. The molecule has 0 bridgehead atoms. The summed E-state index contributed by atoms with van der Waals surface area (Å²) < 4.78 is 25.9. The van der Waals surface area contributed by atoms with E-state index in [1.54, 1.807) is 6.92 Å². The van der Waals surface area contributed by atoms with Gasteiger partial charge in [0.1, 0.15) is 0 Å². The minimum absolute atomic E-state index is 0.124. The summed E-state index contributed by atoms with van der Waals surface area (Å²) in [5.41, 5.74) is 0.548.